The number of nitrogens with two attached hydrogens (primary N) is 1. The molecule has 0 aliphatic carbocycles. The van der Waals surface area contributed by atoms with Crippen molar-refractivity contribution in [2.24, 2.45) is 5.16 Å². The van der Waals surface area contributed by atoms with E-state index in [1.807, 2.05) is 0 Å². The van der Waals surface area contributed by atoms with Crippen molar-refractivity contribution in [2.75, 3.05) is 44.2 Å². The SMILES string of the molecule is CC(C)(O/N=C(/C(=O)N[C@@H]1C(=O)N2C(C(=O)O)=C(C[N+]34CCC[C@H]3CN(C(=O)c3cc(=O)c(O)c[nH]3)CC4)CS[C@H]12)c1csc(N)n1)C(=O)O. The van der Waals surface area contributed by atoms with Crippen molar-refractivity contribution in [1.82, 2.24) is 25.1 Å². The first-order valence-electron chi connectivity index (χ1n) is 15.6. The van der Waals surface area contributed by atoms with Gasteiger partial charge < -0.3 is 45.6 Å². The maximum atomic E-state index is 13.5. The number of oxime groups is 1. The quantitative estimate of drug-likeness (QED) is 0.0786. The lowest BCUT2D eigenvalue weighted by Crippen LogP contribution is -2.71. The minimum absolute atomic E-state index is 0.00622. The molecule has 4 atom stereocenters. The van der Waals surface area contributed by atoms with Gasteiger partial charge in [-0.25, -0.2) is 14.6 Å². The van der Waals surface area contributed by atoms with Crippen LogP contribution in [0.5, 0.6) is 5.75 Å². The Morgan fingerprint density at radius 1 is 1.24 bits per heavy atom. The number of H-pyrrole nitrogens is 1. The van der Waals surface area contributed by atoms with Crippen LogP contribution in [0.1, 0.15) is 42.9 Å². The van der Waals surface area contributed by atoms with Gasteiger partial charge in [0.05, 0.1) is 26.2 Å². The molecule has 0 radical (unpaired) electrons. The van der Waals surface area contributed by atoms with Crippen LogP contribution < -0.4 is 16.5 Å². The van der Waals surface area contributed by atoms with Gasteiger partial charge >= 0.3 is 11.9 Å². The van der Waals surface area contributed by atoms with Crippen LogP contribution in [0.2, 0.25) is 0 Å². The number of thiazole rings is 1. The highest BCUT2D eigenvalue weighted by molar-refractivity contribution is 8.00. The number of nitrogen functional groups attached to an aromatic ring is 1. The lowest BCUT2D eigenvalue weighted by atomic mass is 10.0. The van der Waals surface area contributed by atoms with Gasteiger partial charge in [-0.3, -0.25) is 24.1 Å². The average Bonchev–Trinajstić information content (AvgIpc) is 3.69. The van der Waals surface area contributed by atoms with Crippen molar-refractivity contribution in [3.8, 4) is 5.75 Å². The predicted octanol–water partition coefficient (Wildman–Crippen LogP) is -0.423. The number of piperazine rings is 1. The van der Waals surface area contributed by atoms with E-state index in [2.05, 4.69) is 20.4 Å². The fourth-order valence-corrected chi connectivity index (χ4v) is 8.63. The number of nitrogens with one attached hydrogen (secondary N) is 2. The summed E-state index contributed by atoms with van der Waals surface area (Å²) in [6.07, 6.45) is 2.75. The summed E-state index contributed by atoms with van der Waals surface area (Å²) in [5.74, 6) is -4.69. The highest BCUT2D eigenvalue weighted by Gasteiger charge is 2.56. The zero-order chi connectivity index (χ0) is 36.1. The number of carboxylic acids is 2. The number of aromatic nitrogens is 2. The largest absolute Gasteiger partial charge is 0.503 e. The van der Waals surface area contributed by atoms with Gasteiger partial charge in [0.15, 0.2) is 16.6 Å². The van der Waals surface area contributed by atoms with Crippen molar-refractivity contribution >= 4 is 63.6 Å². The van der Waals surface area contributed by atoms with E-state index in [9.17, 15) is 44.1 Å². The number of amides is 3. The monoisotopic (exact) mass is 731 g/mol. The smallest absolute Gasteiger partial charge is 0.352 e. The highest BCUT2D eigenvalue weighted by Crippen LogP contribution is 2.42. The first kappa shape index (κ1) is 34.9. The van der Waals surface area contributed by atoms with Crippen molar-refractivity contribution in [1.29, 1.82) is 0 Å². The third-order valence-electron chi connectivity index (χ3n) is 9.47. The summed E-state index contributed by atoms with van der Waals surface area (Å²) in [5, 5.41) is 36.4. The second-order valence-electron chi connectivity index (χ2n) is 13.0. The number of carbonyl (C=O) groups is 5. The Kier molecular flexibility index (Phi) is 9.12. The number of aromatic amines is 1. The van der Waals surface area contributed by atoms with Gasteiger partial charge in [-0.05, 0) is 13.8 Å². The summed E-state index contributed by atoms with van der Waals surface area (Å²) in [4.78, 5) is 90.9. The van der Waals surface area contributed by atoms with Gasteiger partial charge in [-0.1, -0.05) is 5.16 Å². The van der Waals surface area contributed by atoms with Crippen molar-refractivity contribution in [3.63, 3.8) is 0 Å². The van der Waals surface area contributed by atoms with E-state index >= 15 is 0 Å². The van der Waals surface area contributed by atoms with Gasteiger partial charge in [-0.2, -0.15) is 0 Å². The van der Waals surface area contributed by atoms with Crippen LogP contribution in [-0.2, 0) is 24.0 Å². The summed E-state index contributed by atoms with van der Waals surface area (Å²) in [7, 11) is 0. The molecule has 18 nitrogen and oxygen atoms in total. The molecule has 6 heterocycles. The number of β-lactam (4-membered cyclic amide) rings is 1. The number of hydrogen-bond donors (Lipinski definition) is 6. The van der Waals surface area contributed by atoms with Crippen molar-refractivity contribution in [3.05, 3.63) is 50.5 Å². The molecule has 3 saturated heterocycles. The molecular weight excluding hydrogens is 697 g/mol. The molecule has 6 rings (SSSR count). The van der Waals surface area contributed by atoms with Crippen LogP contribution >= 0.6 is 23.1 Å². The molecule has 4 aliphatic heterocycles. The van der Waals surface area contributed by atoms with Crippen LogP contribution in [0, 0.1) is 0 Å². The summed E-state index contributed by atoms with van der Waals surface area (Å²) >= 11 is 2.33. The van der Waals surface area contributed by atoms with Crippen molar-refractivity contribution in [2.45, 2.75) is 49.7 Å². The number of carbonyl (C=O) groups excluding carboxylic acids is 3. The molecule has 0 aromatic carbocycles. The second kappa shape index (κ2) is 13.1. The third kappa shape index (κ3) is 6.29. The summed E-state index contributed by atoms with van der Waals surface area (Å²) in [6, 6.07) is -0.0324. The van der Waals surface area contributed by atoms with Crippen LogP contribution in [-0.4, -0.2) is 136 Å². The Bertz CT molecular complexity index is 1910. The topological polar surface area (TPSA) is 258 Å². The number of quaternary nitrogens is 1. The van der Waals surface area contributed by atoms with Crippen LogP contribution in [0.3, 0.4) is 0 Å². The van der Waals surface area contributed by atoms with Crippen LogP contribution in [0.25, 0.3) is 0 Å². The zero-order valence-electron chi connectivity index (χ0n) is 27.0. The number of rotatable bonds is 10. The van der Waals surface area contributed by atoms with Gasteiger partial charge in [0, 0.05) is 41.8 Å². The van der Waals surface area contributed by atoms with Gasteiger partial charge in [-0.15, -0.1) is 23.1 Å². The average molecular weight is 732 g/mol. The summed E-state index contributed by atoms with van der Waals surface area (Å²) in [6.45, 7) is 4.91. The van der Waals surface area contributed by atoms with Crippen LogP contribution in [0.4, 0.5) is 5.13 Å². The van der Waals surface area contributed by atoms with E-state index in [1.165, 1.54) is 35.9 Å². The van der Waals surface area contributed by atoms with E-state index in [1.54, 1.807) is 4.90 Å². The minimum Gasteiger partial charge on any atom is -0.503 e. The molecule has 2 aromatic heterocycles. The molecule has 7 N–H and O–H groups in total. The van der Waals surface area contributed by atoms with Gasteiger partial charge in [0.1, 0.15) is 41.1 Å². The molecule has 3 fully saturated rings. The van der Waals surface area contributed by atoms with E-state index in [-0.39, 0.29) is 39.9 Å². The standard InChI is InChI=1S/C30H34N8O10S2/c1-30(2,28(46)47)48-35-20(17-13-50-29(31)33-17)23(41)34-21-25(43)37-22(27(44)45)14(12-49-26(21)37)11-38-6-3-4-15(38)10-36(5-7-38)24(42)16-8-18(39)19(40)9-32-16/h8-9,13,15,21,26H,3-7,10-12H2,1-2H3,(H6-,31,32,33,34,35,39,40,41,42,44,45,46,47)/p+1/t15-,21+,26+,38?/m0/s1. The van der Waals surface area contributed by atoms with Gasteiger partial charge in [0.2, 0.25) is 11.0 Å². The predicted molar refractivity (Wildman–Crippen MR) is 178 cm³/mol. The minimum atomic E-state index is -1.79. The molecule has 20 heteroatoms. The molecular formula is C30H35N8O10S2+. The number of hydrogen-bond acceptors (Lipinski definition) is 13. The number of anilines is 1. The first-order chi connectivity index (χ1) is 23.6. The van der Waals surface area contributed by atoms with Crippen molar-refractivity contribution < 1.29 is 48.6 Å². The first-order valence-corrected chi connectivity index (χ1v) is 17.5. The summed E-state index contributed by atoms with van der Waals surface area (Å²) in [5.41, 5.74) is 3.40. The molecule has 2 aromatic rings. The number of aromatic hydroxyl groups is 1. The molecule has 1 unspecified atom stereocenters. The Hall–Kier alpha value is -4.95. The Morgan fingerprint density at radius 3 is 2.66 bits per heavy atom. The molecule has 0 saturated carbocycles. The Morgan fingerprint density at radius 2 is 2.00 bits per heavy atom. The number of nitrogens with zero attached hydrogens (tertiary/aromatic N) is 5. The molecule has 4 aliphatic rings. The molecule has 3 amide bonds. The number of fused-ring (bicyclic) bond motifs is 2. The lowest BCUT2D eigenvalue weighted by molar-refractivity contribution is -0.938. The number of aliphatic carboxylic acids is 2. The van der Waals surface area contributed by atoms with E-state index in [0.29, 0.717) is 36.2 Å². The number of pyridine rings is 1. The van der Waals surface area contributed by atoms with Crippen LogP contribution in [0.15, 0.2) is 38.9 Å². The maximum absolute atomic E-state index is 13.5. The van der Waals surface area contributed by atoms with E-state index in [4.69, 9.17) is 10.6 Å². The maximum Gasteiger partial charge on any atom is 0.352 e. The Labute approximate surface area is 292 Å². The normalized spacial score (nSPS) is 25.0. The second-order valence-corrected chi connectivity index (χ2v) is 15.0. The highest BCUT2D eigenvalue weighted by atomic mass is 32.2. The molecule has 0 spiro atoms. The number of carboxylic acid groups (broad SMARTS) is 2. The molecule has 266 valence electrons. The number of thioether (sulfide) groups is 1. The molecule has 50 heavy (non-hydrogen) atoms. The lowest BCUT2D eigenvalue weighted by Gasteiger charge is -2.51. The fourth-order valence-electron chi connectivity index (χ4n) is 6.75. The summed E-state index contributed by atoms with van der Waals surface area (Å²) < 4.78 is 0.554. The zero-order valence-corrected chi connectivity index (χ0v) is 28.6. The van der Waals surface area contributed by atoms with E-state index in [0.717, 1.165) is 43.0 Å². The fraction of sp³-hybridized carbons (Fsp3) is 0.467. The molecule has 0 bridgehead atoms. The van der Waals surface area contributed by atoms with E-state index < -0.39 is 57.7 Å². The van der Waals surface area contributed by atoms with Gasteiger partial charge in [0.25, 0.3) is 17.7 Å². The Balaban J connectivity index is 1.18. The third-order valence-corrected chi connectivity index (χ3v) is 11.5.